The predicted molar refractivity (Wildman–Crippen MR) is 272 cm³/mol. The molecule has 0 radical (unpaired) electrons. The zero-order chi connectivity index (χ0) is 47.9. The molecule has 0 spiro atoms. The Balaban J connectivity index is 1.71. The molecule has 5 aromatic rings. The van der Waals surface area contributed by atoms with Gasteiger partial charge in [0.1, 0.15) is 0 Å². The van der Waals surface area contributed by atoms with E-state index >= 15 is 0 Å². The number of hydrogen-bond donors (Lipinski definition) is 2. The number of nitrogens with zero attached hydrogens (tertiary/aromatic N) is 2. The van der Waals surface area contributed by atoms with E-state index in [1.807, 2.05) is 48.6 Å². The zero-order valence-corrected chi connectivity index (χ0v) is 41.0. The summed E-state index contributed by atoms with van der Waals surface area (Å²) < 4.78 is 10.5. The number of benzene rings is 2. The van der Waals surface area contributed by atoms with E-state index in [1.54, 1.807) is 13.8 Å². The van der Waals surface area contributed by atoms with Gasteiger partial charge in [0.2, 0.25) is 0 Å². The lowest BCUT2D eigenvalue weighted by atomic mass is 9.78. The molecule has 5 heterocycles. The van der Waals surface area contributed by atoms with Gasteiger partial charge in [-0.15, -0.1) is 0 Å². The van der Waals surface area contributed by atoms with E-state index in [-0.39, 0.29) is 34.9 Å². The van der Waals surface area contributed by atoms with Crippen LogP contribution in [0, 0.1) is 23.7 Å². The lowest BCUT2D eigenvalue weighted by molar-refractivity contribution is -0.137. The topological polar surface area (TPSA) is 110 Å². The van der Waals surface area contributed by atoms with Crippen LogP contribution in [0.1, 0.15) is 153 Å². The molecule has 2 N–H and O–H groups in total. The van der Waals surface area contributed by atoms with E-state index in [1.165, 1.54) is 22.3 Å². The number of aromatic nitrogens is 4. The summed E-state index contributed by atoms with van der Waals surface area (Å²) in [6, 6.07) is 21.6. The summed E-state index contributed by atoms with van der Waals surface area (Å²) in [5, 5.41) is 0. The van der Waals surface area contributed by atoms with Crippen LogP contribution in [0.2, 0.25) is 0 Å². The number of carbonyl (C=O) groups excluding carboxylic acids is 2. The Bertz CT molecular complexity index is 2940. The number of nitrogens with one attached hydrogen (secondary N) is 2. The molecule has 3 aromatic heterocycles. The Labute approximate surface area is 390 Å². The fourth-order valence-electron chi connectivity index (χ4n) is 7.91. The summed E-state index contributed by atoms with van der Waals surface area (Å²) in [5.41, 5.74) is 14.4. The van der Waals surface area contributed by atoms with Gasteiger partial charge < -0.3 is 19.4 Å². The highest BCUT2D eigenvalue weighted by atomic mass is 16.5. The fourth-order valence-corrected chi connectivity index (χ4v) is 7.91. The molecule has 0 aliphatic carbocycles. The van der Waals surface area contributed by atoms with Crippen molar-refractivity contribution in [3.05, 3.63) is 117 Å². The van der Waals surface area contributed by atoms with Gasteiger partial charge in [0.25, 0.3) is 0 Å². The van der Waals surface area contributed by atoms with Crippen LogP contribution in [0.4, 0.5) is 0 Å². The molecule has 0 saturated heterocycles. The van der Waals surface area contributed by atoms with Gasteiger partial charge in [0.15, 0.2) is 0 Å². The quantitative estimate of drug-likeness (QED) is 0.135. The van der Waals surface area contributed by atoms with Crippen molar-refractivity contribution in [2.24, 2.45) is 0 Å². The van der Waals surface area contributed by atoms with Crippen molar-refractivity contribution in [3.63, 3.8) is 0 Å². The van der Waals surface area contributed by atoms with E-state index in [2.05, 4.69) is 153 Å². The third kappa shape index (κ3) is 10.1. The number of carbonyl (C=O) groups is 2. The molecular formula is C58H62N4O4. The van der Waals surface area contributed by atoms with Crippen molar-refractivity contribution < 1.29 is 19.1 Å². The molecule has 7 rings (SSSR count). The smallest absolute Gasteiger partial charge is 0.384 e. The van der Waals surface area contributed by atoms with Crippen LogP contribution in [-0.4, -0.2) is 45.1 Å². The molecule has 0 saturated carbocycles. The van der Waals surface area contributed by atoms with E-state index in [4.69, 9.17) is 19.4 Å². The van der Waals surface area contributed by atoms with Crippen molar-refractivity contribution in [2.45, 2.75) is 119 Å². The van der Waals surface area contributed by atoms with Gasteiger partial charge in [-0.05, 0) is 117 Å². The molecule has 8 bridgehead atoms. The second-order valence-corrected chi connectivity index (χ2v) is 21.0. The first kappa shape index (κ1) is 47.1. The van der Waals surface area contributed by atoms with Crippen LogP contribution in [-0.2, 0) is 40.7 Å². The lowest BCUT2D eigenvalue weighted by Gasteiger charge is -2.26. The van der Waals surface area contributed by atoms with E-state index in [9.17, 15) is 9.59 Å². The molecular weight excluding hydrogens is 817 g/mol. The van der Waals surface area contributed by atoms with Crippen LogP contribution >= 0.6 is 0 Å². The van der Waals surface area contributed by atoms with Crippen LogP contribution < -0.4 is 0 Å². The minimum Gasteiger partial charge on any atom is -0.456 e. The van der Waals surface area contributed by atoms with Crippen molar-refractivity contribution in [1.29, 1.82) is 0 Å². The lowest BCUT2D eigenvalue weighted by Crippen LogP contribution is -2.16. The Hall–Kier alpha value is -6.90. The molecule has 0 unspecified atom stereocenters. The minimum absolute atomic E-state index is 0.148. The SMILES string of the molecule is CCOC(=O)C#Cc1c2nc(c(-c3cc(C(C)(C)C)cc(C(C)(C)C)c3)c3nc(c(C#CC(=O)OCC)c4ccc([nH]4)c(-c4cc(C(C)(C)C)cc(C(C)(C)C)c4)c4ccc1[nH]4)C=C3)C=C2. The normalized spacial score (nSPS) is 12.6. The van der Waals surface area contributed by atoms with Crippen LogP contribution in [0.5, 0.6) is 0 Å². The number of H-pyrrole nitrogens is 2. The Kier molecular flexibility index (Phi) is 12.7. The summed E-state index contributed by atoms with van der Waals surface area (Å²) in [6.45, 7) is 30.6. The predicted octanol–water partition coefficient (Wildman–Crippen LogP) is 13.0. The van der Waals surface area contributed by atoms with Crippen molar-refractivity contribution in [2.75, 3.05) is 13.2 Å². The first-order valence-corrected chi connectivity index (χ1v) is 22.8. The number of rotatable bonds is 4. The first-order valence-electron chi connectivity index (χ1n) is 22.8. The van der Waals surface area contributed by atoms with Gasteiger partial charge in [-0.3, -0.25) is 0 Å². The molecule has 2 aromatic carbocycles. The number of fused-ring (bicyclic) bond motifs is 8. The van der Waals surface area contributed by atoms with E-state index in [0.717, 1.165) is 33.3 Å². The minimum atomic E-state index is -0.622. The number of ether oxygens (including phenoxy) is 2. The molecule has 338 valence electrons. The molecule has 2 aliphatic rings. The van der Waals surface area contributed by atoms with Crippen molar-refractivity contribution in [1.82, 2.24) is 19.9 Å². The Morgan fingerprint density at radius 2 is 0.788 bits per heavy atom. The molecule has 8 nitrogen and oxygen atoms in total. The van der Waals surface area contributed by atoms with E-state index < -0.39 is 11.9 Å². The zero-order valence-electron chi connectivity index (χ0n) is 41.0. The third-order valence-corrected chi connectivity index (χ3v) is 11.8. The maximum Gasteiger partial charge on any atom is 0.384 e. The second kappa shape index (κ2) is 17.8. The van der Waals surface area contributed by atoms with Gasteiger partial charge in [-0.1, -0.05) is 131 Å². The average Bonchev–Trinajstić information content (AvgIpc) is 4.07. The fraction of sp³-hybridized carbons (Fsp3) is 0.345. The Morgan fingerprint density at radius 1 is 0.470 bits per heavy atom. The summed E-state index contributed by atoms with van der Waals surface area (Å²) in [5.74, 6) is 10.5. The second-order valence-electron chi connectivity index (χ2n) is 21.0. The van der Waals surface area contributed by atoms with Crippen molar-refractivity contribution in [3.8, 4) is 45.9 Å². The molecule has 0 fully saturated rings. The van der Waals surface area contributed by atoms with Crippen molar-refractivity contribution >= 4 is 58.3 Å². The molecule has 0 amide bonds. The maximum atomic E-state index is 12.9. The third-order valence-electron chi connectivity index (χ3n) is 11.8. The van der Waals surface area contributed by atoms with E-state index in [0.29, 0.717) is 44.9 Å². The Morgan fingerprint density at radius 3 is 1.12 bits per heavy atom. The summed E-state index contributed by atoms with van der Waals surface area (Å²) in [4.78, 5) is 43.8. The van der Waals surface area contributed by atoms with Gasteiger partial charge in [-0.2, -0.15) is 0 Å². The monoisotopic (exact) mass is 878 g/mol. The average molecular weight is 879 g/mol. The highest BCUT2D eigenvalue weighted by Crippen LogP contribution is 2.40. The maximum absolute atomic E-state index is 12.9. The van der Waals surface area contributed by atoms with Gasteiger partial charge >= 0.3 is 11.9 Å². The largest absolute Gasteiger partial charge is 0.456 e. The molecule has 66 heavy (non-hydrogen) atoms. The molecule has 8 heteroatoms. The number of esters is 2. The van der Waals surface area contributed by atoms with Gasteiger partial charge in [0, 0.05) is 34.0 Å². The van der Waals surface area contributed by atoms with Gasteiger partial charge in [-0.25, -0.2) is 19.6 Å². The summed E-state index contributed by atoms with van der Waals surface area (Å²) >= 11 is 0. The van der Waals surface area contributed by atoms with Crippen LogP contribution in [0.3, 0.4) is 0 Å². The molecule has 0 atom stereocenters. The van der Waals surface area contributed by atoms with Gasteiger partial charge in [0.05, 0.1) is 58.1 Å². The number of aromatic amines is 2. The van der Waals surface area contributed by atoms with Crippen LogP contribution in [0.15, 0.2) is 60.7 Å². The highest BCUT2D eigenvalue weighted by Gasteiger charge is 2.26. The molecule has 2 aliphatic heterocycles. The summed E-state index contributed by atoms with van der Waals surface area (Å²) in [6.07, 6.45) is 7.85. The highest BCUT2D eigenvalue weighted by molar-refractivity contribution is 5.98. The first-order chi connectivity index (χ1) is 30.9. The van der Waals surface area contributed by atoms with Crippen LogP contribution in [0.25, 0.3) is 68.6 Å². The summed E-state index contributed by atoms with van der Waals surface area (Å²) in [7, 11) is 0. The standard InChI is InChI=1S/C58H62N4O4/c1-15-65-51(63)27-17-41-43-19-23-47(59-43)53(35-29-37(55(3,4)5)33-38(30-35)56(6,7)8)49-25-21-45(61-49)42(18-28-52(64)66-16-2)46-22-26-50(62-46)54(48-24-20-44(41)60-48)36-31-39(57(9,10)11)34-40(32-36)58(12,13)14/h19-26,29-34,59,61H,15-16H2,1-14H3. The number of hydrogen-bond acceptors (Lipinski definition) is 6.